The first-order valence-corrected chi connectivity index (χ1v) is 8.96. The van der Waals surface area contributed by atoms with E-state index in [1.54, 1.807) is 12.3 Å². The Bertz CT molecular complexity index is 1020. The lowest BCUT2D eigenvalue weighted by Crippen LogP contribution is -2.35. The number of pyridine rings is 1. The normalized spacial score (nSPS) is 14.5. The van der Waals surface area contributed by atoms with Gasteiger partial charge in [-0.15, -0.1) is 0 Å². The Morgan fingerprint density at radius 2 is 1.78 bits per heavy atom. The van der Waals surface area contributed by atoms with Gasteiger partial charge in [-0.25, -0.2) is 0 Å². The molecule has 0 aliphatic carbocycles. The quantitative estimate of drug-likeness (QED) is 0.730. The molecule has 0 spiro atoms. The van der Waals surface area contributed by atoms with Crippen molar-refractivity contribution in [2.75, 3.05) is 26.3 Å². The molecular formula is C22H20N2O3. The molecule has 0 amide bonds. The first-order chi connectivity index (χ1) is 13.3. The molecule has 1 N–H and O–H groups in total. The summed E-state index contributed by atoms with van der Waals surface area (Å²) in [6.45, 7) is 4.21. The number of ether oxygens (including phenoxy) is 1. The largest absolute Gasteiger partial charge is 0.451 e. The Hall–Kier alpha value is -3.07. The minimum atomic E-state index is -0.109. The summed E-state index contributed by atoms with van der Waals surface area (Å²) in [4.78, 5) is 16.4. The van der Waals surface area contributed by atoms with Crippen molar-refractivity contribution in [1.29, 1.82) is 0 Å². The fourth-order valence-corrected chi connectivity index (χ4v) is 3.01. The molecule has 1 aliphatic heterocycles. The minimum absolute atomic E-state index is 0.109. The van der Waals surface area contributed by atoms with Crippen LogP contribution in [0.4, 0.5) is 0 Å². The van der Waals surface area contributed by atoms with Crippen LogP contribution in [0.3, 0.4) is 0 Å². The predicted molar refractivity (Wildman–Crippen MR) is 103 cm³/mol. The molecule has 0 radical (unpaired) electrons. The van der Waals surface area contributed by atoms with Gasteiger partial charge in [-0.2, -0.15) is 0 Å². The molecule has 1 saturated heterocycles. The molecule has 5 nitrogen and oxygen atoms in total. The molecule has 1 aliphatic rings. The van der Waals surface area contributed by atoms with Gasteiger partial charge in [-0.05, 0) is 47.4 Å². The average Bonchev–Trinajstić information content (AvgIpc) is 3.15. The number of furan rings is 1. The number of nitrogens with one attached hydrogen (secondary N) is 1. The number of aromatic nitrogens is 1. The maximum Gasteiger partial charge on any atom is 0.248 e. The number of hydrogen-bond donors (Lipinski definition) is 1. The Labute approximate surface area is 157 Å². The van der Waals surface area contributed by atoms with E-state index in [9.17, 15) is 4.79 Å². The lowest BCUT2D eigenvalue weighted by molar-refractivity contribution is 0.0313. The monoisotopic (exact) mass is 360 g/mol. The fourth-order valence-electron chi connectivity index (χ4n) is 3.01. The molecule has 2 aromatic heterocycles. The second-order valence-corrected chi connectivity index (χ2v) is 6.42. The van der Waals surface area contributed by atoms with Crippen LogP contribution in [-0.4, -0.2) is 36.2 Å². The number of H-pyrrole nitrogens is 1. The number of benzene rings is 1. The van der Waals surface area contributed by atoms with Crippen LogP contribution in [0, 0.1) is 11.8 Å². The predicted octanol–water partition coefficient (Wildman–Crippen LogP) is 2.87. The summed E-state index contributed by atoms with van der Waals surface area (Å²) in [5, 5.41) is 0. The Balaban J connectivity index is 1.42. The van der Waals surface area contributed by atoms with Crippen molar-refractivity contribution in [3.63, 3.8) is 0 Å². The number of aromatic amines is 1. The standard InChI is InChI=1S/C22H20N2O3/c25-22-15-19(9-10-23-22)18-4-1-17(2-5-18)3-6-20-7-8-21(27-20)16-24-11-13-26-14-12-24/h1-2,4-5,7-10,15H,11-14,16H2,(H,23,25). The van der Waals surface area contributed by atoms with Crippen LogP contribution in [-0.2, 0) is 11.3 Å². The molecule has 4 rings (SSSR count). The van der Waals surface area contributed by atoms with E-state index in [0.29, 0.717) is 5.76 Å². The highest BCUT2D eigenvalue weighted by molar-refractivity contribution is 5.63. The van der Waals surface area contributed by atoms with Crippen molar-refractivity contribution in [2.24, 2.45) is 0 Å². The summed E-state index contributed by atoms with van der Waals surface area (Å²) < 4.78 is 11.2. The van der Waals surface area contributed by atoms with Gasteiger partial charge in [0, 0.05) is 30.9 Å². The molecule has 1 fully saturated rings. The molecule has 27 heavy (non-hydrogen) atoms. The molecule has 3 heterocycles. The molecule has 136 valence electrons. The number of rotatable bonds is 3. The van der Waals surface area contributed by atoms with Gasteiger partial charge >= 0.3 is 0 Å². The van der Waals surface area contributed by atoms with Gasteiger partial charge in [-0.3, -0.25) is 9.69 Å². The second kappa shape index (κ2) is 8.09. The maximum atomic E-state index is 11.4. The van der Waals surface area contributed by atoms with Gasteiger partial charge in [0.1, 0.15) is 5.76 Å². The summed E-state index contributed by atoms with van der Waals surface area (Å²) in [5.74, 6) is 7.78. The first-order valence-electron chi connectivity index (χ1n) is 8.96. The molecule has 3 aromatic rings. The Morgan fingerprint density at radius 3 is 2.56 bits per heavy atom. The molecule has 0 saturated carbocycles. The topological polar surface area (TPSA) is 58.5 Å². The lowest BCUT2D eigenvalue weighted by Gasteiger charge is -2.25. The highest BCUT2D eigenvalue weighted by Crippen LogP contribution is 2.17. The van der Waals surface area contributed by atoms with E-state index in [4.69, 9.17) is 9.15 Å². The van der Waals surface area contributed by atoms with E-state index in [0.717, 1.165) is 55.3 Å². The highest BCUT2D eigenvalue weighted by atomic mass is 16.5. The van der Waals surface area contributed by atoms with Crippen LogP contribution in [0.2, 0.25) is 0 Å². The van der Waals surface area contributed by atoms with Crippen molar-refractivity contribution < 1.29 is 9.15 Å². The van der Waals surface area contributed by atoms with Crippen LogP contribution in [0.15, 0.2) is 63.9 Å². The van der Waals surface area contributed by atoms with Crippen LogP contribution in [0.25, 0.3) is 11.1 Å². The summed E-state index contributed by atoms with van der Waals surface area (Å²) >= 11 is 0. The van der Waals surface area contributed by atoms with Gasteiger partial charge in [-0.1, -0.05) is 18.1 Å². The smallest absolute Gasteiger partial charge is 0.248 e. The van der Waals surface area contributed by atoms with E-state index in [-0.39, 0.29) is 5.56 Å². The summed E-state index contributed by atoms with van der Waals surface area (Å²) in [6.07, 6.45) is 1.65. The molecular weight excluding hydrogens is 340 g/mol. The van der Waals surface area contributed by atoms with Crippen LogP contribution in [0.5, 0.6) is 0 Å². The third-order valence-corrected chi connectivity index (χ3v) is 4.47. The zero-order valence-corrected chi connectivity index (χ0v) is 14.9. The van der Waals surface area contributed by atoms with E-state index in [1.165, 1.54) is 0 Å². The van der Waals surface area contributed by atoms with Crippen molar-refractivity contribution in [2.45, 2.75) is 6.54 Å². The van der Waals surface area contributed by atoms with Crippen LogP contribution >= 0.6 is 0 Å². The Kier molecular flexibility index (Phi) is 5.20. The highest BCUT2D eigenvalue weighted by Gasteiger charge is 2.12. The number of nitrogens with zero attached hydrogens (tertiary/aromatic N) is 1. The van der Waals surface area contributed by atoms with E-state index < -0.39 is 0 Å². The Morgan fingerprint density at radius 1 is 0.963 bits per heavy atom. The molecule has 1 aromatic carbocycles. The third-order valence-electron chi connectivity index (χ3n) is 4.47. The van der Waals surface area contributed by atoms with E-state index in [1.807, 2.05) is 42.5 Å². The van der Waals surface area contributed by atoms with Gasteiger partial charge < -0.3 is 14.1 Å². The van der Waals surface area contributed by atoms with Gasteiger partial charge in [0.2, 0.25) is 5.56 Å². The molecule has 0 unspecified atom stereocenters. The fraction of sp³-hybridized carbons (Fsp3) is 0.227. The van der Waals surface area contributed by atoms with Crippen LogP contribution < -0.4 is 5.56 Å². The average molecular weight is 360 g/mol. The second-order valence-electron chi connectivity index (χ2n) is 6.42. The number of hydrogen-bond acceptors (Lipinski definition) is 4. The molecule has 0 atom stereocenters. The van der Waals surface area contributed by atoms with Crippen molar-refractivity contribution in [3.05, 3.63) is 82.2 Å². The maximum absolute atomic E-state index is 11.4. The van der Waals surface area contributed by atoms with Crippen molar-refractivity contribution >= 4 is 0 Å². The van der Waals surface area contributed by atoms with E-state index >= 15 is 0 Å². The first kappa shape index (κ1) is 17.3. The van der Waals surface area contributed by atoms with Gasteiger partial charge in [0.15, 0.2) is 5.76 Å². The summed E-state index contributed by atoms with van der Waals surface area (Å²) in [7, 11) is 0. The van der Waals surface area contributed by atoms with E-state index in [2.05, 4.69) is 21.7 Å². The summed E-state index contributed by atoms with van der Waals surface area (Å²) in [6, 6.07) is 15.2. The van der Waals surface area contributed by atoms with Crippen molar-refractivity contribution in [1.82, 2.24) is 9.88 Å². The summed E-state index contributed by atoms with van der Waals surface area (Å²) in [5.41, 5.74) is 2.66. The zero-order chi connectivity index (χ0) is 18.5. The zero-order valence-electron chi connectivity index (χ0n) is 14.9. The van der Waals surface area contributed by atoms with Crippen molar-refractivity contribution in [3.8, 4) is 23.0 Å². The lowest BCUT2D eigenvalue weighted by atomic mass is 10.1. The van der Waals surface area contributed by atoms with Crippen LogP contribution in [0.1, 0.15) is 17.1 Å². The minimum Gasteiger partial charge on any atom is -0.451 e. The third kappa shape index (κ3) is 4.56. The van der Waals surface area contributed by atoms with Gasteiger partial charge in [0.25, 0.3) is 0 Å². The SMILES string of the molecule is O=c1cc(-c2ccc(C#Cc3ccc(CN4CCOCC4)o3)cc2)cc[nH]1. The van der Waals surface area contributed by atoms with Gasteiger partial charge in [0.05, 0.1) is 19.8 Å². The molecule has 0 bridgehead atoms. The number of morpholine rings is 1. The molecule has 5 heteroatoms.